The zero-order valence-corrected chi connectivity index (χ0v) is 14.6. The van der Waals surface area contributed by atoms with E-state index in [-0.39, 0.29) is 12.0 Å². The van der Waals surface area contributed by atoms with Crippen LogP contribution in [0, 0.1) is 0 Å². The van der Waals surface area contributed by atoms with Gasteiger partial charge in [-0.15, -0.1) is 22.9 Å². The number of nitrogens with zero attached hydrogens (tertiary/aromatic N) is 1. The van der Waals surface area contributed by atoms with Crippen molar-refractivity contribution in [2.24, 2.45) is 0 Å². The van der Waals surface area contributed by atoms with Crippen molar-refractivity contribution < 1.29 is 13.2 Å². The van der Waals surface area contributed by atoms with Crippen LogP contribution in [0.25, 0.3) is 0 Å². The number of hydrogen-bond donors (Lipinski definition) is 0. The largest absolute Gasteiger partial charge is 0.368 e. The molecule has 4 nitrogen and oxygen atoms in total. The number of hydrogen-bond acceptors (Lipinski definition) is 4. The third-order valence-electron chi connectivity index (χ3n) is 2.76. The van der Waals surface area contributed by atoms with E-state index in [1.165, 1.54) is 15.6 Å². The highest BCUT2D eigenvalue weighted by Crippen LogP contribution is 2.32. The summed E-state index contributed by atoms with van der Waals surface area (Å²) in [7, 11) is -3.47. The standard InChI is InChI=1S/C11H15BrClNO3S2/c1-11(2)7-14(6-8(5-13)17-11)19(15,16)10-4-3-9(12)18-10/h3-4,8H,5-7H2,1-2H3. The minimum atomic E-state index is -3.47. The first-order chi connectivity index (χ1) is 8.74. The molecule has 0 amide bonds. The van der Waals surface area contributed by atoms with E-state index < -0.39 is 15.6 Å². The summed E-state index contributed by atoms with van der Waals surface area (Å²) in [6.45, 7) is 4.38. The lowest BCUT2D eigenvalue weighted by Crippen LogP contribution is -2.54. The van der Waals surface area contributed by atoms with E-state index in [0.717, 1.165) is 3.79 Å². The molecule has 0 bridgehead atoms. The van der Waals surface area contributed by atoms with E-state index in [1.807, 2.05) is 13.8 Å². The topological polar surface area (TPSA) is 46.6 Å². The Hall–Kier alpha value is 0.340. The van der Waals surface area contributed by atoms with Gasteiger partial charge in [0.2, 0.25) is 0 Å². The Morgan fingerprint density at radius 2 is 2.26 bits per heavy atom. The van der Waals surface area contributed by atoms with Gasteiger partial charge in [-0.1, -0.05) is 0 Å². The molecular formula is C11H15BrClNO3S2. The first-order valence-electron chi connectivity index (χ1n) is 5.74. The summed E-state index contributed by atoms with van der Waals surface area (Å²) in [5.74, 6) is 0.281. The van der Waals surface area contributed by atoms with Gasteiger partial charge in [0.25, 0.3) is 10.0 Å². The third-order valence-corrected chi connectivity index (χ3v) is 7.01. The molecule has 2 rings (SSSR count). The van der Waals surface area contributed by atoms with Gasteiger partial charge in [0.15, 0.2) is 0 Å². The van der Waals surface area contributed by atoms with E-state index in [4.69, 9.17) is 16.3 Å². The highest BCUT2D eigenvalue weighted by molar-refractivity contribution is 9.11. The lowest BCUT2D eigenvalue weighted by atomic mass is 10.1. The quantitative estimate of drug-likeness (QED) is 0.748. The van der Waals surface area contributed by atoms with E-state index in [1.54, 1.807) is 12.1 Å². The third kappa shape index (κ3) is 3.51. The Labute approximate surface area is 130 Å². The minimum absolute atomic E-state index is 0.274. The predicted molar refractivity (Wildman–Crippen MR) is 80.4 cm³/mol. The summed E-state index contributed by atoms with van der Waals surface area (Å²) < 4.78 is 33.5. The molecule has 1 aliphatic rings. The molecule has 1 aromatic rings. The van der Waals surface area contributed by atoms with E-state index in [2.05, 4.69) is 15.9 Å². The molecule has 1 unspecified atom stereocenters. The van der Waals surface area contributed by atoms with Crippen molar-refractivity contribution in [2.45, 2.75) is 29.8 Å². The van der Waals surface area contributed by atoms with Crippen molar-refractivity contribution in [3.05, 3.63) is 15.9 Å². The van der Waals surface area contributed by atoms with Crippen LogP contribution in [0.15, 0.2) is 20.1 Å². The average Bonchev–Trinajstić information content (AvgIpc) is 2.74. The van der Waals surface area contributed by atoms with Crippen LogP contribution in [-0.2, 0) is 14.8 Å². The zero-order chi connectivity index (χ0) is 14.3. The fourth-order valence-electron chi connectivity index (χ4n) is 2.07. The van der Waals surface area contributed by atoms with Gasteiger partial charge in [0.1, 0.15) is 4.21 Å². The van der Waals surface area contributed by atoms with Crippen molar-refractivity contribution in [2.75, 3.05) is 19.0 Å². The van der Waals surface area contributed by atoms with Gasteiger partial charge in [-0.3, -0.25) is 0 Å². The number of alkyl halides is 1. The lowest BCUT2D eigenvalue weighted by Gasteiger charge is -2.41. The Balaban J connectivity index is 2.29. The second-order valence-corrected chi connectivity index (χ2v) is 9.95. The van der Waals surface area contributed by atoms with Crippen molar-refractivity contribution in [1.82, 2.24) is 4.31 Å². The molecule has 0 aromatic carbocycles. The molecule has 1 aliphatic heterocycles. The molecule has 1 saturated heterocycles. The first-order valence-corrected chi connectivity index (χ1v) is 9.32. The Kier molecular flexibility index (Phi) is 4.65. The molecule has 1 fully saturated rings. The van der Waals surface area contributed by atoms with Crippen LogP contribution in [0.2, 0.25) is 0 Å². The molecule has 8 heteroatoms. The smallest absolute Gasteiger partial charge is 0.252 e. The van der Waals surface area contributed by atoms with Crippen LogP contribution in [0.1, 0.15) is 13.8 Å². The highest BCUT2D eigenvalue weighted by Gasteiger charge is 2.39. The van der Waals surface area contributed by atoms with Crippen LogP contribution < -0.4 is 0 Å². The molecule has 0 radical (unpaired) electrons. The monoisotopic (exact) mass is 387 g/mol. The maximum Gasteiger partial charge on any atom is 0.252 e. The summed E-state index contributed by atoms with van der Waals surface area (Å²) in [6.07, 6.45) is -0.274. The molecule has 1 atom stereocenters. The number of ether oxygens (including phenoxy) is 1. The van der Waals surface area contributed by atoms with Crippen molar-refractivity contribution in [3.8, 4) is 0 Å². The van der Waals surface area contributed by atoms with Gasteiger partial charge in [-0.05, 0) is 41.9 Å². The van der Waals surface area contributed by atoms with Gasteiger partial charge in [0, 0.05) is 19.0 Å². The second kappa shape index (κ2) is 5.61. The van der Waals surface area contributed by atoms with Crippen molar-refractivity contribution in [1.29, 1.82) is 0 Å². The van der Waals surface area contributed by atoms with Crippen LogP contribution in [0.5, 0.6) is 0 Å². The lowest BCUT2D eigenvalue weighted by molar-refractivity contribution is -0.107. The zero-order valence-electron chi connectivity index (χ0n) is 10.6. The minimum Gasteiger partial charge on any atom is -0.368 e. The summed E-state index contributed by atoms with van der Waals surface area (Å²) in [5.41, 5.74) is -0.528. The SMILES string of the molecule is CC1(C)CN(S(=O)(=O)c2ccc(Br)s2)CC(CCl)O1. The van der Waals surface area contributed by atoms with E-state index in [9.17, 15) is 8.42 Å². The van der Waals surface area contributed by atoms with Crippen LogP contribution in [0.3, 0.4) is 0 Å². The molecule has 1 aromatic heterocycles. The molecule has 19 heavy (non-hydrogen) atoms. The molecular weight excluding hydrogens is 374 g/mol. The molecule has 0 aliphatic carbocycles. The predicted octanol–water partition coefficient (Wildman–Crippen LogP) is 2.92. The molecule has 0 N–H and O–H groups in total. The Morgan fingerprint density at radius 3 is 2.79 bits per heavy atom. The first kappa shape index (κ1) is 15.7. The van der Waals surface area contributed by atoms with Crippen molar-refractivity contribution >= 4 is 48.9 Å². The molecule has 0 spiro atoms. The molecule has 2 heterocycles. The maximum atomic E-state index is 12.6. The Morgan fingerprint density at radius 1 is 1.58 bits per heavy atom. The van der Waals surface area contributed by atoms with Gasteiger partial charge >= 0.3 is 0 Å². The number of morpholine rings is 1. The van der Waals surface area contributed by atoms with Gasteiger partial charge in [-0.2, -0.15) is 4.31 Å². The van der Waals surface area contributed by atoms with Gasteiger partial charge in [0.05, 0.1) is 15.5 Å². The number of sulfonamides is 1. The van der Waals surface area contributed by atoms with E-state index in [0.29, 0.717) is 17.3 Å². The summed E-state index contributed by atoms with van der Waals surface area (Å²) >= 11 is 10.3. The summed E-state index contributed by atoms with van der Waals surface area (Å²) in [4.78, 5) is 0. The summed E-state index contributed by atoms with van der Waals surface area (Å²) in [6, 6.07) is 3.35. The fraction of sp³-hybridized carbons (Fsp3) is 0.636. The number of thiophene rings is 1. The average molecular weight is 389 g/mol. The number of halogens is 2. The second-order valence-electron chi connectivity index (χ2n) is 5.01. The van der Waals surface area contributed by atoms with Crippen LogP contribution >= 0.6 is 38.9 Å². The van der Waals surface area contributed by atoms with Gasteiger partial charge in [-0.25, -0.2) is 8.42 Å². The maximum absolute atomic E-state index is 12.6. The number of rotatable bonds is 3. The van der Waals surface area contributed by atoms with Gasteiger partial charge < -0.3 is 4.74 Å². The fourth-order valence-corrected chi connectivity index (χ4v) is 6.02. The molecule has 108 valence electrons. The highest BCUT2D eigenvalue weighted by atomic mass is 79.9. The van der Waals surface area contributed by atoms with Crippen LogP contribution in [0.4, 0.5) is 0 Å². The van der Waals surface area contributed by atoms with Crippen molar-refractivity contribution in [3.63, 3.8) is 0 Å². The molecule has 0 saturated carbocycles. The Bertz CT molecular complexity index is 558. The van der Waals surface area contributed by atoms with E-state index >= 15 is 0 Å². The normalized spacial score (nSPS) is 24.5. The van der Waals surface area contributed by atoms with Crippen LogP contribution in [-0.4, -0.2) is 43.4 Å². The summed E-state index contributed by atoms with van der Waals surface area (Å²) in [5, 5.41) is 0.